The molecular formula is C16H22O3. The van der Waals surface area contributed by atoms with Crippen molar-refractivity contribution >= 4 is 0 Å². The molecule has 2 unspecified atom stereocenters. The van der Waals surface area contributed by atoms with Crippen molar-refractivity contribution in [3.8, 4) is 5.75 Å². The number of hydrogen-bond acceptors (Lipinski definition) is 3. The topological polar surface area (TPSA) is 38.7 Å². The normalized spacial score (nSPS) is 31.2. The van der Waals surface area contributed by atoms with E-state index in [1.807, 2.05) is 24.3 Å². The van der Waals surface area contributed by atoms with Gasteiger partial charge in [-0.3, -0.25) is 0 Å². The smallest absolute Gasteiger partial charge is 0.119 e. The van der Waals surface area contributed by atoms with Crippen molar-refractivity contribution in [2.24, 2.45) is 0 Å². The second-order valence-electron chi connectivity index (χ2n) is 5.74. The molecule has 3 heteroatoms. The molecular weight excluding hydrogens is 240 g/mol. The number of rotatable bonds is 4. The van der Waals surface area contributed by atoms with E-state index in [9.17, 15) is 5.11 Å². The zero-order valence-corrected chi connectivity index (χ0v) is 11.5. The quantitative estimate of drug-likeness (QED) is 0.906. The molecule has 0 aliphatic heterocycles. The molecule has 19 heavy (non-hydrogen) atoms. The largest absolute Gasteiger partial charge is 0.490 e. The predicted molar refractivity (Wildman–Crippen MR) is 73.3 cm³/mol. The number of hydrogen-bond donors (Lipinski definition) is 1. The van der Waals surface area contributed by atoms with Gasteiger partial charge in [-0.15, -0.1) is 0 Å². The molecule has 2 atom stereocenters. The van der Waals surface area contributed by atoms with Gasteiger partial charge < -0.3 is 14.6 Å². The summed E-state index contributed by atoms with van der Waals surface area (Å²) in [5.74, 6) is 0.902. The van der Waals surface area contributed by atoms with E-state index in [-0.39, 0.29) is 6.10 Å². The van der Waals surface area contributed by atoms with Crippen LogP contribution in [0, 0.1) is 0 Å². The fourth-order valence-corrected chi connectivity index (χ4v) is 2.97. The molecule has 1 aromatic carbocycles. The molecule has 2 saturated carbocycles. The van der Waals surface area contributed by atoms with Gasteiger partial charge in [0.2, 0.25) is 0 Å². The molecule has 2 aliphatic carbocycles. The fraction of sp³-hybridized carbons (Fsp3) is 0.625. The summed E-state index contributed by atoms with van der Waals surface area (Å²) in [5, 5.41) is 10.9. The summed E-state index contributed by atoms with van der Waals surface area (Å²) >= 11 is 0. The second-order valence-corrected chi connectivity index (χ2v) is 5.74. The predicted octanol–water partition coefficient (Wildman–Crippen LogP) is 3.00. The summed E-state index contributed by atoms with van der Waals surface area (Å²) in [5.41, 5.74) is 0.104. The van der Waals surface area contributed by atoms with E-state index in [0.717, 1.165) is 49.8 Å². The SMILES string of the molecule is COC1CCCCC1(O)c1ccc(OC2CC2)cc1. The Labute approximate surface area is 114 Å². The Balaban J connectivity index is 1.78. The van der Waals surface area contributed by atoms with Crippen LogP contribution in [0.2, 0.25) is 0 Å². The van der Waals surface area contributed by atoms with Crippen molar-refractivity contribution < 1.29 is 14.6 Å². The molecule has 0 aromatic heterocycles. The summed E-state index contributed by atoms with van der Waals surface area (Å²) in [6, 6.07) is 7.89. The van der Waals surface area contributed by atoms with Crippen LogP contribution >= 0.6 is 0 Å². The van der Waals surface area contributed by atoms with Gasteiger partial charge in [0.05, 0.1) is 12.2 Å². The van der Waals surface area contributed by atoms with Crippen LogP contribution in [-0.4, -0.2) is 24.4 Å². The highest BCUT2D eigenvalue weighted by atomic mass is 16.5. The van der Waals surface area contributed by atoms with Gasteiger partial charge >= 0.3 is 0 Å². The van der Waals surface area contributed by atoms with E-state index in [4.69, 9.17) is 9.47 Å². The van der Waals surface area contributed by atoms with Crippen LogP contribution in [0.3, 0.4) is 0 Å². The molecule has 3 nitrogen and oxygen atoms in total. The minimum atomic E-state index is -0.842. The lowest BCUT2D eigenvalue weighted by Gasteiger charge is -2.39. The van der Waals surface area contributed by atoms with Crippen LogP contribution in [0.25, 0.3) is 0 Å². The summed E-state index contributed by atoms with van der Waals surface area (Å²) in [4.78, 5) is 0. The monoisotopic (exact) mass is 262 g/mol. The van der Waals surface area contributed by atoms with E-state index in [0.29, 0.717) is 6.10 Å². The number of methoxy groups -OCH3 is 1. The maximum absolute atomic E-state index is 10.9. The minimum Gasteiger partial charge on any atom is -0.490 e. The summed E-state index contributed by atoms with van der Waals surface area (Å²) in [6.45, 7) is 0. The van der Waals surface area contributed by atoms with E-state index in [1.54, 1.807) is 7.11 Å². The van der Waals surface area contributed by atoms with Gasteiger partial charge in [-0.25, -0.2) is 0 Å². The van der Waals surface area contributed by atoms with E-state index < -0.39 is 5.60 Å². The standard InChI is InChI=1S/C16H22O3/c1-18-15-4-2-3-11-16(15,17)12-5-7-13(8-6-12)19-14-9-10-14/h5-8,14-15,17H,2-4,9-11H2,1H3. The Hall–Kier alpha value is -1.06. The number of benzene rings is 1. The van der Waals surface area contributed by atoms with Gasteiger partial charge in [-0.05, 0) is 43.4 Å². The molecule has 3 rings (SSSR count). The molecule has 104 valence electrons. The van der Waals surface area contributed by atoms with Gasteiger partial charge in [0.15, 0.2) is 0 Å². The van der Waals surface area contributed by atoms with Crippen LogP contribution in [0.15, 0.2) is 24.3 Å². The average Bonchev–Trinajstić information content (AvgIpc) is 3.24. The minimum absolute atomic E-state index is 0.101. The Morgan fingerprint density at radius 3 is 2.47 bits per heavy atom. The maximum atomic E-state index is 10.9. The molecule has 0 radical (unpaired) electrons. The number of ether oxygens (including phenoxy) is 2. The van der Waals surface area contributed by atoms with Crippen LogP contribution in [0.1, 0.15) is 44.1 Å². The first-order chi connectivity index (χ1) is 9.22. The second kappa shape index (κ2) is 5.14. The first-order valence-corrected chi connectivity index (χ1v) is 7.25. The van der Waals surface area contributed by atoms with E-state index in [2.05, 4.69) is 0 Å². The van der Waals surface area contributed by atoms with Crippen molar-refractivity contribution in [1.29, 1.82) is 0 Å². The first-order valence-electron chi connectivity index (χ1n) is 7.25. The van der Waals surface area contributed by atoms with Gasteiger partial charge in [0.25, 0.3) is 0 Å². The third-order valence-corrected chi connectivity index (χ3v) is 4.27. The van der Waals surface area contributed by atoms with Gasteiger partial charge in [0, 0.05) is 7.11 Å². The highest BCUT2D eigenvalue weighted by Gasteiger charge is 2.40. The van der Waals surface area contributed by atoms with Crippen molar-refractivity contribution in [3.63, 3.8) is 0 Å². The van der Waals surface area contributed by atoms with Crippen molar-refractivity contribution in [2.45, 2.75) is 56.3 Å². The lowest BCUT2D eigenvalue weighted by Crippen LogP contribution is -2.43. The summed E-state index contributed by atoms with van der Waals surface area (Å²) in [6.07, 6.45) is 6.52. The molecule has 1 N–H and O–H groups in total. The van der Waals surface area contributed by atoms with E-state index >= 15 is 0 Å². The molecule has 0 saturated heterocycles. The van der Waals surface area contributed by atoms with Gasteiger partial charge in [-0.2, -0.15) is 0 Å². The average molecular weight is 262 g/mol. The van der Waals surface area contributed by atoms with Crippen molar-refractivity contribution in [2.75, 3.05) is 7.11 Å². The van der Waals surface area contributed by atoms with Crippen LogP contribution < -0.4 is 4.74 Å². The lowest BCUT2D eigenvalue weighted by atomic mass is 9.77. The third-order valence-electron chi connectivity index (χ3n) is 4.27. The fourth-order valence-electron chi connectivity index (χ4n) is 2.97. The zero-order valence-electron chi connectivity index (χ0n) is 11.5. The van der Waals surface area contributed by atoms with Crippen LogP contribution in [0.5, 0.6) is 5.75 Å². The molecule has 0 bridgehead atoms. The van der Waals surface area contributed by atoms with E-state index in [1.165, 1.54) is 0 Å². The molecule has 0 spiro atoms. The third kappa shape index (κ3) is 2.63. The van der Waals surface area contributed by atoms with Crippen LogP contribution in [-0.2, 0) is 10.3 Å². The first kappa shape index (κ1) is 12.9. The van der Waals surface area contributed by atoms with Gasteiger partial charge in [0.1, 0.15) is 11.4 Å². The Morgan fingerprint density at radius 2 is 1.84 bits per heavy atom. The van der Waals surface area contributed by atoms with Crippen LogP contribution in [0.4, 0.5) is 0 Å². The lowest BCUT2D eigenvalue weighted by molar-refractivity contribution is -0.122. The Morgan fingerprint density at radius 1 is 1.11 bits per heavy atom. The molecule has 0 heterocycles. The molecule has 2 aliphatic rings. The highest BCUT2D eigenvalue weighted by Crippen LogP contribution is 2.39. The number of aliphatic hydroxyl groups is 1. The molecule has 0 amide bonds. The van der Waals surface area contributed by atoms with Crippen molar-refractivity contribution in [1.82, 2.24) is 0 Å². The van der Waals surface area contributed by atoms with Crippen molar-refractivity contribution in [3.05, 3.63) is 29.8 Å². The maximum Gasteiger partial charge on any atom is 0.119 e. The summed E-state index contributed by atoms with van der Waals surface area (Å²) in [7, 11) is 1.69. The van der Waals surface area contributed by atoms with Gasteiger partial charge in [-0.1, -0.05) is 25.0 Å². The molecule has 2 fully saturated rings. The summed E-state index contributed by atoms with van der Waals surface area (Å²) < 4.78 is 11.2. The highest BCUT2D eigenvalue weighted by molar-refractivity contribution is 5.32. The Kier molecular flexibility index (Phi) is 3.50. The molecule has 1 aromatic rings. The Bertz CT molecular complexity index is 424. The zero-order chi connectivity index (χ0) is 13.3.